The topological polar surface area (TPSA) is 93.6 Å². The van der Waals surface area contributed by atoms with E-state index in [2.05, 4.69) is 4.98 Å². The van der Waals surface area contributed by atoms with E-state index in [-0.39, 0.29) is 11.4 Å². The van der Waals surface area contributed by atoms with Gasteiger partial charge in [0.1, 0.15) is 5.69 Å². The third kappa shape index (κ3) is 4.15. The van der Waals surface area contributed by atoms with Gasteiger partial charge in [-0.15, -0.1) is 0 Å². The molecule has 1 aliphatic rings. The summed E-state index contributed by atoms with van der Waals surface area (Å²) in [4.78, 5) is 29.8. The molecule has 1 aromatic heterocycles. The van der Waals surface area contributed by atoms with E-state index < -0.39 is 34.4 Å². The molecule has 0 bridgehead atoms. The quantitative estimate of drug-likeness (QED) is 0.740. The molecule has 0 N–H and O–H groups in total. The number of ether oxygens (including phenoxy) is 1. The van der Waals surface area contributed by atoms with Gasteiger partial charge in [-0.05, 0) is 30.3 Å². The maximum atomic E-state index is 12.7. The predicted octanol–water partition coefficient (Wildman–Crippen LogP) is 1.58. The minimum Gasteiger partial charge on any atom is -0.451 e. The molecule has 0 unspecified atom stereocenters. The van der Waals surface area contributed by atoms with Crippen LogP contribution in [0.2, 0.25) is 0 Å². The number of benzene rings is 1. The summed E-state index contributed by atoms with van der Waals surface area (Å²) < 4.78 is 28.5. The molecule has 1 aromatic carbocycles. The Kier molecular flexibility index (Phi) is 5.13. The van der Waals surface area contributed by atoms with Gasteiger partial charge < -0.3 is 9.64 Å². The van der Waals surface area contributed by atoms with Gasteiger partial charge in [0, 0.05) is 17.3 Å². The number of sulfone groups is 1. The third-order valence-electron chi connectivity index (χ3n) is 3.75. The maximum absolute atomic E-state index is 12.7. The minimum absolute atomic E-state index is 0.0925. The number of pyridine rings is 1. The minimum atomic E-state index is -3.35. The van der Waals surface area contributed by atoms with Crippen LogP contribution in [0.4, 0.5) is 5.69 Å². The van der Waals surface area contributed by atoms with Crippen molar-refractivity contribution in [3.8, 4) is 0 Å². The Morgan fingerprint density at radius 1 is 1.12 bits per heavy atom. The lowest BCUT2D eigenvalue weighted by atomic mass is 10.2. The Hall–Kier alpha value is -3.00. The lowest BCUT2D eigenvalue weighted by molar-refractivity contribution is -0.121. The van der Waals surface area contributed by atoms with Crippen molar-refractivity contribution in [2.24, 2.45) is 0 Å². The first-order chi connectivity index (χ1) is 12.5. The van der Waals surface area contributed by atoms with Crippen LogP contribution in [0.3, 0.4) is 0 Å². The largest absolute Gasteiger partial charge is 0.451 e. The van der Waals surface area contributed by atoms with Crippen LogP contribution in [0.1, 0.15) is 10.5 Å². The summed E-state index contributed by atoms with van der Waals surface area (Å²) >= 11 is 0. The maximum Gasteiger partial charge on any atom is 0.357 e. The Labute approximate surface area is 150 Å². The summed E-state index contributed by atoms with van der Waals surface area (Å²) in [6.07, 6.45) is 2.91. The molecule has 0 spiro atoms. The second-order valence-electron chi connectivity index (χ2n) is 5.62. The van der Waals surface area contributed by atoms with Crippen LogP contribution in [0.5, 0.6) is 0 Å². The fourth-order valence-corrected chi connectivity index (χ4v) is 3.85. The lowest BCUT2D eigenvalue weighted by Crippen LogP contribution is -2.43. The van der Waals surface area contributed by atoms with E-state index in [1.54, 1.807) is 42.5 Å². The van der Waals surface area contributed by atoms with Gasteiger partial charge in [-0.1, -0.05) is 24.3 Å². The van der Waals surface area contributed by atoms with Crippen LogP contribution in [0.15, 0.2) is 66.2 Å². The summed E-state index contributed by atoms with van der Waals surface area (Å²) in [6.45, 7) is -0.519. The first-order valence-corrected chi connectivity index (χ1v) is 9.54. The molecule has 134 valence electrons. The van der Waals surface area contributed by atoms with Gasteiger partial charge in [-0.25, -0.2) is 18.2 Å². The van der Waals surface area contributed by atoms with Gasteiger partial charge in [-0.3, -0.25) is 4.79 Å². The summed E-state index contributed by atoms with van der Waals surface area (Å²) in [7, 11) is -3.35. The number of nitrogens with zero attached hydrogens (tertiary/aromatic N) is 2. The normalized spacial score (nSPS) is 17.6. The van der Waals surface area contributed by atoms with Crippen LogP contribution in [0.25, 0.3) is 0 Å². The number of amides is 1. The van der Waals surface area contributed by atoms with Crippen molar-refractivity contribution >= 4 is 27.4 Å². The molecule has 0 saturated carbocycles. The Bertz CT molecular complexity index is 927. The Balaban J connectivity index is 1.76. The average molecular weight is 372 g/mol. The fraction of sp³-hybridized carbons (Fsp3) is 0.167. The fourth-order valence-electron chi connectivity index (χ4n) is 2.58. The smallest absolute Gasteiger partial charge is 0.357 e. The van der Waals surface area contributed by atoms with Crippen LogP contribution >= 0.6 is 0 Å². The zero-order chi connectivity index (χ0) is 18.6. The zero-order valence-corrected chi connectivity index (χ0v) is 14.5. The molecule has 1 atom stereocenters. The molecule has 0 saturated heterocycles. The van der Waals surface area contributed by atoms with Gasteiger partial charge in [0.15, 0.2) is 16.4 Å². The summed E-state index contributed by atoms with van der Waals surface area (Å²) in [5.74, 6) is -1.45. The van der Waals surface area contributed by atoms with Crippen molar-refractivity contribution < 1.29 is 22.7 Å². The predicted molar refractivity (Wildman–Crippen MR) is 95.2 cm³/mol. The molecule has 2 aromatic rings. The number of esters is 1. The highest BCUT2D eigenvalue weighted by atomic mass is 32.2. The standard InChI is InChI=1S/C18H16N2O5S/c21-17(12-25-18(22)16-8-4-5-10-19-16)20(14-6-2-1-3-7-14)15-9-11-26(23,24)13-15/h1-11,15H,12-13H2/t15-/m0/s1. The van der Waals surface area contributed by atoms with E-state index >= 15 is 0 Å². The van der Waals surface area contributed by atoms with Crippen LogP contribution in [-0.4, -0.2) is 43.7 Å². The van der Waals surface area contributed by atoms with E-state index in [4.69, 9.17) is 4.74 Å². The van der Waals surface area contributed by atoms with Crippen molar-refractivity contribution in [1.29, 1.82) is 0 Å². The van der Waals surface area contributed by atoms with Crippen molar-refractivity contribution in [3.63, 3.8) is 0 Å². The number of aromatic nitrogens is 1. The highest BCUT2D eigenvalue weighted by Crippen LogP contribution is 2.22. The molecule has 1 amide bonds. The molecule has 8 heteroatoms. The number of para-hydroxylation sites is 1. The number of hydrogen-bond donors (Lipinski definition) is 0. The van der Waals surface area contributed by atoms with Crippen molar-refractivity contribution in [3.05, 3.63) is 71.9 Å². The summed E-state index contributed by atoms with van der Waals surface area (Å²) in [5, 5.41) is 1.10. The second-order valence-corrected chi connectivity index (χ2v) is 7.55. The van der Waals surface area contributed by atoms with Gasteiger partial charge >= 0.3 is 5.97 Å². The number of hydrogen-bond acceptors (Lipinski definition) is 6. The summed E-state index contributed by atoms with van der Waals surface area (Å²) in [5.41, 5.74) is 0.619. The van der Waals surface area contributed by atoms with Gasteiger partial charge in [-0.2, -0.15) is 0 Å². The molecular weight excluding hydrogens is 356 g/mol. The van der Waals surface area contributed by atoms with Crippen LogP contribution in [-0.2, 0) is 19.4 Å². The van der Waals surface area contributed by atoms with E-state index in [0.29, 0.717) is 5.69 Å². The number of anilines is 1. The zero-order valence-electron chi connectivity index (χ0n) is 13.7. The monoisotopic (exact) mass is 372 g/mol. The van der Waals surface area contributed by atoms with Crippen LogP contribution in [0, 0.1) is 0 Å². The van der Waals surface area contributed by atoms with Gasteiger partial charge in [0.05, 0.1) is 11.8 Å². The number of rotatable bonds is 5. The molecule has 0 radical (unpaired) electrons. The van der Waals surface area contributed by atoms with Gasteiger partial charge in [0.2, 0.25) is 0 Å². The SMILES string of the molecule is O=C(OCC(=O)N(c1ccccc1)[C@H]1C=CS(=O)(=O)C1)c1ccccn1. The molecule has 1 aliphatic heterocycles. The average Bonchev–Trinajstić information content (AvgIpc) is 3.01. The first-order valence-electron chi connectivity index (χ1n) is 7.82. The molecule has 26 heavy (non-hydrogen) atoms. The van der Waals surface area contributed by atoms with E-state index in [0.717, 1.165) is 5.41 Å². The van der Waals surface area contributed by atoms with Crippen molar-refractivity contribution in [2.45, 2.75) is 6.04 Å². The van der Waals surface area contributed by atoms with Crippen LogP contribution < -0.4 is 4.90 Å². The van der Waals surface area contributed by atoms with E-state index in [1.165, 1.54) is 23.2 Å². The first kappa shape index (κ1) is 17.8. The van der Waals surface area contributed by atoms with E-state index in [1.807, 2.05) is 0 Å². The highest BCUT2D eigenvalue weighted by Gasteiger charge is 2.31. The number of carbonyl (C=O) groups is 2. The van der Waals surface area contributed by atoms with E-state index in [9.17, 15) is 18.0 Å². The molecular formula is C18H16N2O5S. The molecule has 2 heterocycles. The molecule has 0 aliphatic carbocycles. The Morgan fingerprint density at radius 2 is 1.85 bits per heavy atom. The van der Waals surface area contributed by atoms with Crippen molar-refractivity contribution in [1.82, 2.24) is 4.98 Å². The number of carbonyl (C=O) groups excluding carboxylic acids is 2. The van der Waals surface area contributed by atoms with Gasteiger partial charge in [0.25, 0.3) is 5.91 Å². The molecule has 3 rings (SSSR count). The third-order valence-corrected chi connectivity index (χ3v) is 5.12. The van der Waals surface area contributed by atoms with Crippen molar-refractivity contribution in [2.75, 3.05) is 17.3 Å². The molecule has 7 nitrogen and oxygen atoms in total. The molecule has 0 fully saturated rings. The Morgan fingerprint density at radius 3 is 2.46 bits per heavy atom. The highest BCUT2D eigenvalue weighted by molar-refractivity contribution is 7.94. The second kappa shape index (κ2) is 7.49. The summed E-state index contributed by atoms with van der Waals surface area (Å²) in [6, 6.07) is 12.8. The lowest BCUT2D eigenvalue weighted by Gasteiger charge is -2.27.